The Morgan fingerprint density at radius 2 is 2.12 bits per heavy atom. The van der Waals surface area contributed by atoms with Crippen molar-refractivity contribution in [1.82, 2.24) is 4.90 Å². The summed E-state index contributed by atoms with van der Waals surface area (Å²) in [5, 5.41) is 0. The van der Waals surface area contributed by atoms with Crippen LogP contribution in [-0.4, -0.2) is 24.0 Å². The Labute approximate surface area is 105 Å². The molecule has 1 aromatic rings. The van der Waals surface area contributed by atoms with Crippen LogP contribution in [-0.2, 0) is 6.54 Å². The van der Waals surface area contributed by atoms with Gasteiger partial charge in [-0.3, -0.25) is 4.90 Å². The van der Waals surface area contributed by atoms with Gasteiger partial charge in [-0.15, -0.1) is 0 Å². The molecule has 17 heavy (non-hydrogen) atoms. The van der Waals surface area contributed by atoms with Crippen LogP contribution in [0.15, 0.2) is 18.2 Å². The molecular weight excluding hydrogens is 208 g/mol. The Kier molecular flexibility index (Phi) is 3.85. The normalized spacial score (nSPS) is 25.4. The first-order valence-corrected chi connectivity index (χ1v) is 6.60. The lowest BCUT2D eigenvalue weighted by Crippen LogP contribution is -2.27. The van der Waals surface area contributed by atoms with E-state index >= 15 is 0 Å². The molecule has 0 saturated carbocycles. The van der Waals surface area contributed by atoms with Crippen molar-refractivity contribution in [2.75, 3.05) is 13.1 Å². The van der Waals surface area contributed by atoms with Crippen LogP contribution in [0, 0.1) is 19.8 Å². The average Bonchev–Trinajstić information content (AvgIpc) is 2.64. The zero-order valence-electron chi connectivity index (χ0n) is 11.2. The van der Waals surface area contributed by atoms with Crippen molar-refractivity contribution in [3.8, 4) is 0 Å². The highest BCUT2D eigenvalue weighted by atomic mass is 15.2. The van der Waals surface area contributed by atoms with Crippen LogP contribution in [0.4, 0.5) is 0 Å². The first-order valence-electron chi connectivity index (χ1n) is 6.60. The number of nitrogens with two attached hydrogens (primary N) is 1. The molecule has 2 unspecified atom stereocenters. The molecule has 0 bridgehead atoms. The fourth-order valence-electron chi connectivity index (χ4n) is 2.85. The number of nitrogens with zero attached hydrogens (tertiary/aromatic N) is 1. The van der Waals surface area contributed by atoms with Gasteiger partial charge in [-0.1, -0.05) is 23.8 Å². The molecule has 1 aliphatic heterocycles. The van der Waals surface area contributed by atoms with Crippen LogP contribution in [0.5, 0.6) is 0 Å². The van der Waals surface area contributed by atoms with E-state index in [0.29, 0.717) is 12.0 Å². The van der Waals surface area contributed by atoms with Gasteiger partial charge in [-0.25, -0.2) is 0 Å². The van der Waals surface area contributed by atoms with Crippen molar-refractivity contribution in [1.29, 1.82) is 0 Å². The molecule has 2 nitrogen and oxygen atoms in total. The molecule has 2 heteroatoms. The molecule has 1 aliphatic rings. The van der Waals surface area contributed by atoms with E-state index in [4.69, 9.17) is 5.73 Å². The predicted octanol–water partition coefficient (Wildman–Crippen LogP) is 2.47. The van der Waals surface area contributed by atoms with Gasteiger partial charge in [0.1, 0.15) is 0 Å². The lowest BCUT2D eigenvalue weighted by atomic mass is 10.1. The molecular formula is C15H24N2. The Morgan fingerprint density at radius 1 is 1.35 bits per heavy atom. The largest absolute Gasteiger partial charge is 0.330 e. The maximum atomic E-state index is 5.77. The summed E-state index contributed by atoms with van der Waals surface area (Å²) >= 11 is 0. The Bertz CT molecular complexity index is 387. The molecule has 1 saturated heterocycles. The van der Waals surface area contributed by atoms with Crippen molar-refractivity contribution in [2.24, 2.45) is 11.7 Å². The van der Waals surface area contributed by atoms with E-state index in [1.165, 1.54) is 23.1 Å². The average molecular weight is 232 g/mol. The molecule has 0 spiro atoms. The summed E-state index contributed by atoms with van der Waals surface area (Å²) in [6.07, 6.45) is 1.25. The summed E-state index contributed by atoms with van der Waals surface area (Å²) in [6, 6.07) is 7.43. The van der Waals surface area contributed by atoms with Gasteiger partial charge in [-0.05, 0) is 50.8 Å². The molecule has 1 heterocycles. The van der Waals surface area contributed by atoms with E-state index in [-0.39, 0.29) is 0 Å². The third-order valence-corrected chi connectivity index (χ3v) is 4.00. The Hall–Kier alpha value is -0.860. The smallest absolute Gasteiger partial charge is 0.0239 e. The second-order valence-electron chi connectivity index (χ2n) is 5.55. The molecule has 0 amide bonds. The summed E-state index contributed by atoms with van der Waals surface area (Å²) in [6.45, 7) is 9.74. The molecule has 2 rings (SSSR count). The van der Waals surface area contributed by atoms with Crippen LogP contribution < -0.4 is 5.73 Å². The minimum absolute atomic E-state index is 0.671. The van der Waals surface area contributed by atoms with Crippen LogP contribution >= 0.6 is 0 Å². The van der Waals surface area contributed by atoms with E-state index in [2.05, 4.69) is 43.9 Å². The predicted molar refractivity (Wildman–Crippen MR) is 72.9 cm³/mol. The lowest BCUT2D eigenvalue weighted by molar-refractivity contribution is 0.255. The van der Waals surface area contributed by atoms with Gasteiger partial charge >= 0.3 is 0 Å². The summed E-state index contributed by atoms with van der Waals surface area (Å²) in [5.41, 5.74) is 9.99. The fourth-order valence-corrected chi connectivity index (χ4v) is 2.85. The van der Waals surface area contributed by atoms with Crippen LogP contribution in [0.3, 0.4) is 0 Å². The second kappa shape index (κ2) is 5.19. The molecule has 2 atom stereocenters. The highest BCUT2D eigenvalue weighted by molar-refractivity contribution is 5.30. The van der Waals surface area contributed by atoms with Gasteiger partial charge in [0.15, 0.2) is 0 Å². The van der Waals surface area contributed by atoms with Crippen LogP contribution in [0.2, 0.25) is 0 Å². The van der Waals surface area contributed by atoms with Gasteiger partial charge in [-0.2, -0.15) is 0 Å². The fraction of sp³-hybridized carbons (Fsp3) is 0.600. The zero-order valence-corrected chi connectivity index (χ0v) is 11.2. The number of hydrogen-bond acceptors (Lipinski definition) is 2. The molecule has 1 fully saturated rings. The van der Waals surface area contributed by atoms with Gasteiger partial charge < -0.3 is 5.73 Å². The lowest BCUT2D eigenvalue weighted by Gasteiger charge is -2.22. The third kappa shape index (κ3) is 2.88. The van der Waals surface area contributed by atoms with Gasteiger partial charge in [0.25, 0.3) is 0 Å². The maximum Gasteiger partial charge on any atom is 0.0239 e. The second-order valence-corrected chi connectivity index (χ2v) is 5.55. The van der Waals surface area contributed by atoms with E-state index in [0.717, 1.165) is 19.6 Å². The number of hydrogen-bond donors (Lipinski definition) is 1. The highest BCUT2D eigenvalue weighted by Crippen LogP contribution is 2.25. The molecule has 0 radical (unpaired) electrons. The maximum absolute atomic E-state index is 5.77. The van der Waals surface area contributed by atoms with Crippen LogP contribution in [0.25, 0.3) is 0 Å². The van der Waals surface area contributed by atoms with Gasteiger partial charge in [0, 0.05) is 19.1 Å². The van der Waals surface area contributed by atoms with Crippen molar-refractivity contribution in [3.05, 3.63) is 34.9 Å². The standard InChI is InChI=1S/C15H24N2/c1-11-4-5-15(12(2)6-11)10-17-9-14(8-16)7-13(17)3/h4-6,13-14H,7-10,16H2,1-3H3. The molecule has 2 N–H and O–H groups in total. The highest BCUT2D eigenvalue weighted by Gasteiger charge is 2.27. The first-order chi connectivity index (χ1) is 8.10. The van der Waals surface area contributed by atoms with Crippen molar-refractivity contribution in [2.45, 2.75) is 39.8 Å². The minimum Gasteiger partial charge on any atom is -0.330 e. The number of likely N-dealkylation sites (tertiary alicyclic amines) is 1. The number of benzene rings is 1. The quantitative estimate of drug-likeness (QED) is 0.867. The van der Waals surface area contributed by atoms with Crippen molar-refractivity contribution < 1.29 is 0 Å². The Balaban J connectivity index is 2.06. The Morgan fingerprint density at radius 3 is 2.71 bits per heavy atom. The number of aryl methyl sites for hydroxylation is 2. The summed E-state index contributed by atoms with van der Waals surface area (Å²) < 4.78 is 0. The monoisotopic (exact) mass is 232 g/mol. The molecule has 0 aromatic heterocycles. The van der Waals surface area contributed by atoms with Crippen LogP contribution in [0.1, 0.15) is 30.0 Å². The van der Waals surface area contributed by atoms with E-state index < -0.39 is 0 Å². The summed E-state index contributed by atoms with van der Waals surface area (Å²) in [5.74, 6) is 0.691. The molecule has 1 aromatic carbocycles. The number of rotatable bonds is 3. The SMILES string of the molecule is Cc1ccc(CN2CC(CN)CC2C)c(C)c1. The minimum atomic E-state index is 0.671. The topological polar surface area (TPSA) is 29.3 Å². The first kappa shape index (κ1) is 12.6. The summed E-state index contributed by atoms with van der Waals surface area (Å²) in [4.78, 5) is 2.56. The summed E-state index contributed by atoms with van der Waals surface area (Å²) in [7, 11) is 0. The van der Waals surface area contributed by atoms with Crippen molar-refractivity contribution in [3.63, 3.8) is 0 Å². The van der Waals surface area contributed by atoms with Gasteiger partial charge in [0.2, 0.25) is 0 Å². The molecule has 0 aliphatic carbocycles. The van der Waals surface area contributed by atoms with E-state index in [1.54, 1.807) is 0 Å². The zero-order chi connectivity index (χ0) is 12.4. The molecule has 94 valence electrons. The third-order valence-electron chi connectivity index (χ3n) is 4.00. The van der Waals surface area contributed by atoms with Crippen molar-refractivity contribution >= 4 is 0 Å². The van der Waals surface area contributed by atoms with Gasteiger partial charge in [0.05, 0.1) is 0 Å². The van der Waals surface area contributed by atoms with E-state index in [9.17, 15) is 0 Å². The van der Waals surface area contributed by atoms with E-state index in [1.807, 2.05) is 0 Å².